The maximum Gasteiger partial charge on any atom is 0.573 e. The minimum absolute atomic E-state index is 0.180. The molecule has 0 atom stereocenters. The van der Waals surface area contributed by atoms with Gasteiger partial charge in [-0.3, -0.25) is 4.79 Å². The standard InChI is InChI=1S/C21H20F3NO4/c1-27-18-11-15-9-10-25(13-16(15)12-19(18)28-2)20(26)8-5-14-3-6-17(7-4-14)29-21(22,23)24/h3-8,11-12H,9-10,13H2,1-2H3/b8-5+. The molecular weight excluding hydrogens is 387 g/mol. The average Bonchev–Trinajstić information content (AvgIpc) is 2.70. The molecule has 1 heterocycles. The number of ether oxygens (including phenoxy) is 3. The van der Waals surface area contributed by atoms with Gasteiger partial charge in [-0.2, -0.15) is 0 Å². The lowest BCUT2D eigenvalue weighted by Gasteiger charge is -2.28. The predicted molar refractivity (Wildman–Crippen MR) is 101 cm³/mol. The third-order valence-electron chi connectivity index (χ3n) is 4.56. The Morgan fingerprint density at radius 1 is 1.03 bits per heavy atom. The number of benzene rings is 2. The lowest BCUT2D eigenvalue weighted by atomic mass is 9.98. The molecule has 154 valence electrons. The molecule has 0 saturated carbocycles. The van der Waals surface area contributed by atoms with Gasteiger partial charge in [0.25, 0.3) is 0 Å². The molecule has 0 aromatic heterocycles. The van der Waals surface area contributed by atoms with Gasteiger partial charge in [-0.1, -0.05) is 12.1 Å². The minimum Gasteiger partial charge on any atom is -0.493 e. The Morgan fingerprint density at radius 2 is 1.66 bits per heavy atom. The van der Waals surface area contributed by atoms with E-state index in [-0.39, 0.29) is 11.7 Å². The molecule has 2 aromatic rings. The summed E-state index contributed by atoms with van der Waals surface area (Å²) in [6, 6.07) is 9.11. The highest BCUT2D eigenvalue weighted by molar-refractivity contribution is 5.92. The SMILES string of the molecule is COc1cc2c(cc1OC)CN(C(=O)/C=C/c1ccc(OC(F)(F)F)cc1)CC2. The molecular formula is C21H20F3NO4. The van der Waals surface area contributed by atoms with Gasteiger partial charge in [0.2, 0.25) is 5.91 Å². The fraction of sp³-hybridized carbons (Fsp3) is 0.286. The Balaban J connectivity index is 1.66. The zero-order valence-electron chi connectivity index (χ0n) is 16.0. The fourth-order valence-corrected chi connectivity index (χ4v) is 3.12. The first-order valence-corrected chi connectivity index (χ1v) is 8.85. The molecule has 0 fully saturated rings. The van der Waals surface area contributed by atoms with Crippen LogP contribution in [-0.2, 0) is 17.8 Å². The Labute approximate surface area is 166 Å². The molecule has 2 aromatic carbocycles. The van der Waals surface area contributed by atoms with E-state index in [4.69, 9.17) is 9.47 Å². The van der Waals surface area contributed by atoms with E-state index in [2.05, 4.69) is 4.74 Å². The quantitative estimate of drug-likeness (QED) is 0.697. The molecule has 29 heavy (non-hydrogen) atoms. The van der Waals surface area contributed by atoms with Crippen molar-refractivity contribution in [3.8, 4) is 17.2 Å². The van der Waals surface area contributed by atoms with Gasteiger partial charge < -0.3 is 19.1 Å². The third kappa shape index (κ3) is 5.22. The number of carbonyl (C=O) groups is 1. The highest BCUT2D eigenvalue weighted by atomic mass is 19.4. The van der Waals surface area contributed by atoms with Crippen LogP contribution in [0.3, 0.4) is 0 Å². The number of amides is 1. The molecule has 8 heteroatoms. The smallest absolute Gasteiger partial charge is 0.493 e. The second-order valence-electron chi connectivity index (χ2n) is 6.44. The van der Waals surface area contributed by atoms with Crippen molar-refractivity contribution in [3.63, 3.8) is 0 Å². The number of alkyl halides is 3. The lowest BCUT2D eigenvalue weighted by molar-refractivity contribution is -0.274. The Morgan fingerprint density at radius 3 is 2.24 bits per heavy atom. The van der Waals surface area contributed by atoms with Gasteiger partial charge >= 0.3 is 6.36 Å². The van der Waals surface area contributed by atoms with Gasteiger partial charge in [-0.15, -0.1) is 13.2 Å². The van der Waals surface area contributed by atoms with Crippen LogP contribution in [0.1, 0.15) is 16.7 Å². The van der Waals surface area contributed by atoms with Crippen molar-refractivity contribution < 1.29 is 32.2 Å². The van der Waals surface area contributed by atoms with Gasteiger partial charge in [-0.25, -0.2) is 0 Å². The fourth-order valence-electron chi connectivity index (χ4n) is 3.12. The summed E-state index contributed by atoms with van der Waals surface area (Å²) in [6.45, 7) is 1.00. The first-order valence-electron chi connectivity index (χ1n) is 8.85. The molecule has 1 amide bonds. The van der Waals surface area contributed by atoms with Crippen molar-refractivity contribution in [2.75, 3.05) is 20.8 Å². The summed E-state index contributed by atoms with van der Waals surface area (Å²) in [5.41, 5.74) is 2.69. The molecule has 0 unspecified atom stereocenters. The lowest BCUT2D eigenvalue weighted by Crippen LogP contribution is -2.34. The van der Waals surface area contributed by atoms with Crippen molar-refractivity contribution in [3.05, 3.63) is 59.2 Å². The number of carbonyl (C=O) groups excluding carboxylic acids is 1. The molecule has 0 saturated heterocycles. The number of rotatable bonds is 5. The summed E-state index contributed by atoms with van der Waals surface area (Å²) in [7, 11) is 3.14. The highest BCUT2D eigenvalue weighted by Crippen LogP contribution is 2.33. The van der Waals surface area contributed by atoms with Gasteiger partial charge in [0.15, 0.2) is 11.5 Å². The average molecular weight is 407 g/mol. The number of fused-ring (bicyclic) bond motifs is 1. The van der Waals surface area contributed by atoms with E-state index in [0.717, 1.165) is 11.1 Å². The van der Waals surface area contributed by atoms with Crippen LogP contribution in [-0.4, -0.2) is 37.9 Å². The van der Waals surface area contributed by atoms with Gasteiger partial charge in [0, 0.05) is 19.2 Å². The second kappa shape index (κ2) is 8.46. The molecule has 1 aliphatic rings. The van der Waals surface area contributed by atoms with Crippen LogP contribution >= 0.6 is 0 Å². The number of hydrogen-bond donors (Lipinski definition) is 0. The number of methoxy groups -OCH3 is 2. The number of hydrogen-bond acceptors (Lipinski definition) is 4. The summed E-state index contributed by atoms with van der Waals surface area (Å²) >= 11 is 0. The van der Waals surface area contributed by atoms with E-state index >= 15 is 0 Å². The molecule has 0 bridgehead atoms. The van der Waals surface area contributed by atoms with Crippen molar-refractivity contribution in [1.82, 2.24) is 4.90 Å². The van der Waals surface area contributed by atoms with Crippen molar-refractivity contribution in [2.45, 2.75) is 19.3 Å². The van der Waals surface area contributed by atoms with Crippen LogP contribution in [0.15, 0.2) is 42.5 Å². The van der Waals surface area contributed by atoms with E-state index in [1.54, 1.807) is 25.2 Å². The van der Waals surface area contributed by atoms with E-state index < -0.39 is 6.36 Å². The summed E-state index contributed by atoms with van der Waals surface area (Å²) in [5.74, 6) is 0.778. The molecule has 1 aliphatic heterocycles. The van der Waals surface area contributed by atoms with E-state index in [0.29, 0.717) is 36.6 Å². The molecule has 5 nitrogen and oxygen atoms in total. The Bertz CT molecular complexity index is 907. The van der Waals surface area contributed by atoms with Gasteiger partial charge in [-0.05, 0) is 53.5 Å². The predicted octanol–water partition coefficient (Wildman–Crippen LogP) is 4.20. The zero-order chi connectivity index (χ0) is 21.0. The summed E-state index contributed by atoms with van der Waals surface area (Å²) in [4.78, 5) is 14.2. The van der Waals surface area contributed by atoms with E-state index in [9.17, 15) is 18.0 Å². The Kier molecular flexibility index (Phi) is 6.00. The first kappa shape index (κ1) is 20.6. The Hall–Kier alpha value is -3.16. The van der Waals surface area contributed by atoms with Crippen LogP contribution < -0.4 is 14.2 Å². The van der Waals surface area contributed by atoms with Crippen molar-refractivity contribution in [2.24, 2.45) is 0 Å². The maximum absolute atomic E-state index is 12.5. The molecule has 0 aliphatic carbocycles. The van der Waals surface area contributed by atoms with E-state index in [1.807, 2.05) is 12.1 Å². The van der Waals surface area contributed by atoms with Crippen LogP contribution in [0.4, 0.5) is 13.2 Å². The van der Waals surface area contributed by atoms with Crippen LogP contribution in [0.2, 0.25) is 0 Å². The van der Waals surface area contributed by atoms with Crippen molar-refractivity contribution >= 4 is 12.0 Å². The highest BCUT2D eigenvalue weighted by Gasteiger charge is 2.30. The monoisotopic (exact) mass is 407 g/mol. The van der Waals surface area contributed by atoms with Gasteiger partial charge in [0.1, 0.15) is 5.75 Å². The van der Waals surface area contributed by atoms with Crippen LogP contribution in [0, 0.1) is 0 Å². The largest absolute Gasteiger partial charge is 0.573 e. The number of halogens is 3. The summed E-state index contributed by atoms with van der Waals surface area (Å²) in [6.07, 6.45) is -1.07. The zero-order valence-corrected chi connectivity index (χ0v) is 16.0. The summed E-state index contributed by atoms with van der Waals surface area (Å²) in [5, 5.41) is 0. The molecule has 0 N–H and O–H groups in total. The van der Waals surface area contributed by atoms with Crippen LogP contribution in [0.5, 0.6) is 17.2 Å². The molecule has 0 radical (unpaired) electrons. The third-order valence-corrected chi connectivity index (χ3v) is 4.56. The summed E-state index contributed by atoms with van der Waals surface area (Å²) < 4.78 is 51.0. The van der Waals surface area contributed by atoms with Gasteiger partial charge in [0.05, 0.1) is 14.2 Å². The minimum atomic E-state index is -4.73. The second-order valence-corrected chi connectivity index (χ2v) is 6.44. The normalized spacial score (nSPS) is 13.9. The van der Waals surface area contributed by atoms with E-state index in [1.165, 1.54) is 30.3 Å². The van der Waals surface area contributed by atoms with Crippen LogP contribution in [0.25, 0.3) is 6.08 Å². The topological polar surface area (TPSA) is 48.0 Å². The number of nitrogens with zero attached hydrogens (tertiary/aromatic N) is 1. The molecule has 3 rings (SSSR count). The van der Waals surface area contributed by atoms with Crippen molar-refractivity contribution in [1.29, 1.82) is 0 Å². The maximum atomic E-state index is 12.5. The first-order chi connectivity index (χ1) is 13.8. The molecule has 0 spiro atoms.